The molecule has 3 atom stereocenters. The van der Waals surface area contributed by atoms with E-state index in [4.69, 9.17) is 14.5 Å². The Morgan fingerprint density at radius 1 is 0.842 bits per heavy atom. The fourth-order valence-electron chi connectivity index (χ4n) is 5.61. The van der Waals surface area contributed by atoms with Crippen LogP contribution in [0.1, 0.15) is 55.2 Å². The van der Waals surface area contributed by atoms with Gasteiger partial charge in [-0.2, -0.15) is 0 Å². The minimum atomic E-state index is -0.464. The normalized spacial score (nSPS) is 20.9. The number of aryl methyl sites for hydroxylation is 1. The summed E-state index contributed by atoms with van der Waals surface area (Å²) in [7, 11) is 0. The third kappa shape index (κ3) is 5.47. The van der Waals surface area contributed by atoms with Crippen LogP contribution in [0.5, 0.6) is 5.75 Å². The van der Waals surface area contributed by atoms with Crippen LogP contribution >= 0.6 is 0 Å². The molecule has 1 fully saturated rings. The van der Waals surface area contributed by atoms with Gasteiger partial charge in [-0.3, -0.25) is 9.79 Å². The molecule has 0 amide bonds. The van der Waals surface area contributed by atoms with Gasteiger partial charge in [0.2, 0.25) is 0 Å². The number of rotatable bonds is 8. The number of para-hydroxylation sites is 1. The maximum Gasteiger partial charge on any atom is 0.336 e. The monoisotopic (exact) mass is 507 g/mol. The van der Waals surface area contributed by atoms with E-state index in [2.05, 4.69) is 31.2 Å². The van der Waals surface area contributed by atoms with Crippen LogP contribution in [0.2, 0.25) is 0 Å². The van der Waals surface area contributed by atoms with Crippen molar-refractivity contribution in [2.75, 3.05) is 13.2 Å². The van der Waals surface area contributed by atoms with Crippen LogP contribution in [0.3, 0.4) is 0 Å². The number of benzene rings is 3. The maximum atomic E-state index is 13.7. The highest BCUT2D eigenvalue weighted by atomic mass is 16.6. The van der Waals surface area contributed by atoms with Gasteiger partial charge in [0.25, 0.3) is 0 Å². The van der Waals surface area contributed by atoms with Gasteiger partial charge in [0, 0.05) is 23.7 Å². The highest BCUT2D eigenvalue weighted by Crippen LogP contribution is 2.46. The Hall–Kier alpha value is -3.99. The first-order valence-electron chi connectivity index (χ1n) is 13.3. The Kier molecular flexibility index (Phi) is 7.83. The van der Waals surface area contributed by atoms with Gasteiger partial charge in [0.1, 0.15) is 24.7 Å². The molecule has 1 saturated carbocycles. The number of Topliss-reactive ketones (excluding diaryl/α,β-unsaturated/α-hetero) is 1. The molecule has 5 heteroatoms. The van der Waals surface area contributed by atoms with E-state index in [9.17, 15) is 9.59 Å². The number of nitrogens with zero attached hydrogens (tertiary/aromatic N) is 1. The molecule has 1 aliphatic heterocycles. The lowest BCUT2D eigenvalue weighted by Crippen LogP contribution is -2.41. The molecule has 1 aliphatic carbocycles. The largest absolute Gasteiger partial charge is 0.490 e. The van der Waals surface area contributed by atoms with Crippen molar-refractivity contribution in [2.45, 2.75) is 44.9 Å². The summed E-state index contributed by atoms with van der Waals surface area (Å²) >= 11 is 0. The maximum absolute atomic E-state index is 13.7. The Bertz CT molecular complexity index is 1340. The summed E-state index contributed by atoms with van der Waals surface area (Å²) in [5, 5.41) is 0. The Morgan fingerprint density at radius 3 is 2.21 bits per heavy atom. The molecule has 1 unspecified atom stereocenters. The lowest BCUT2D eigenvalue weighted by molar-refractivity contribution is -0.140. The number of ether oxygens (including phenoxy) is 2. The van der Waals surface area contributed by atoms with Crippen LogP contribution in [-0.4, -0.2) is 30.7 Å². The summed E-state index contributed by atoms with van der Waals surface area (Å²) in [6, 6.07) is 27.8. The molecule has 0 saturated heterocycles. The molecule has 0 spiro atoms. The molecule has 0 aromatic heterocycles. The van der Waals surface area contributed by atoms with Crippen molar-refractivity contribution in [3.63, 3.8) is 0 Å². The zero-order chi connectivity index (χ0) is 26.5. The number of esters is 1. The van der Waals surface area contributed by atoms with Crippen molar-refractivity contribution < 1.29 is 19.1 Å². The molecular formula is C33H33NO4. The molecule has 5 rings (SSSR count). The van der Waals surface area contributed by atoms with Gasteiger partial charge in [-0.05, 0) is 54.5 Å². The highest BCUT2D eigenvalue weighted by molar-refractivity contribution is 6.12. The molecule has 194 valence electrons. The van der Waals surface area contributed by atoms with Crippen molar-refractivity contribution >= 4 is 17.5 Å². The SMILES string of the molecule is CCc1ccc([C@@H]2C(C(=O)OCCOc3ccccc3)=C(C)N=C3C[C@@H](c4ccccc4)CC(=O)C32)cc1. The number of aliphatic imine (C=N–C) groups is 1. The van der Waals surface area contributed by atoms with Crippen LogP contribution in [0.4, 0.5) is 0 Å². The van der Waals surface area contributed by atoms with E-state index >= 15 is 0 Å². The summed E-state index contributed by atoms with van der Waals surface area (Å²) < 4.78 is 11.4. The van der Waals surface area contributed by atoms with Gasteiger partial charge in [0.15, 0.2) is 0 Å². The van der Waals surface area contributed by atoms with Gasteiger partial charge in [-0.1, -0.05) is 79.7 Å². The molecule has 0 radical (unpaired) electrons. The molecule has 2 aliphatic rings. The zero-order valence-corrected chi connectivity index (χ0v) is 21.9. The van der Waals surface area contributed by atoms with Crippen molar-refractivity contribution in [1.29, 1.82) is 0 Å². The molecule has 3 aromatic carbocycles. The standard InChI is InChI=1S/C33H33NO4/c1-3-23-14-16-25(17-15-23)31-30(33(36)38-19-18-37-27-12-8-5-9-13-27)22(2)34-28-20-26(21-29(35)32(28)31)24-10-6-4-7-11-24/h4-17,26,31-32H,3,18-21H2,1-2H3/t26-,31-,32?/m1/s1. The van der Waals surface area contributed by atoms with E-state index in [-0.39, 0.29) is 24.9 Å². The summed E-state index contributed by atoms with van der Waals surface area (Å²) in [5.41, 5.74) is 5.25. The highest BCUT2D eigenvalue weighted by Gasteiger charge is 2.46. The number of ketones is 1. The Morgan fingerprint density at radius 2 is 1.53 bits per heavy atom. The van der Waals surface area contributed by atoms with Crippen LogP contribution in [0.15, 0.2) is 101 Å². The van der Waals surface area contributed by atoms with E-state index in [1.165, 1.54) is 5.56 Å². The zero-order valence-electron chi connectivity index (χ0n) is 21.9. The smallest absolute Gasteiger partial charge is 0.336 e. The molecule has 1 heterocycles. The lowest BCUT2D eigenvalue weighted by Gasteiger charge is -2.38. The molecular weight excluding hydrogens is 474 g/mol. The quantitative estimate of drug-likeness (QED) is 0.260. The van der Waals surface area contributed by atoms with Crippen molar-refractivity contribution in [1.82, 2.24) is 0 Å². The van der Waals surface area contributed by atoms with Crippen molar-refractivity contribution in [2.24, 2.45) is 10.9 Å². The van der Waals surface area contributed by atoms with Crippen molar-refractivity contribution in [3.8, 4) is 5.75 Å². The molecule has 3 aromatic rings. The van der Waals surface area contributed by atoms with Crippen molar-refractivity contribution in [3.05, 3.63) is 113 Å². The molecule has 38 heavy (non-hydrogen) atoms. The number of fused-ring (bicyclic) bond motifs is 1. The van der Waals surface area contributed by atoms with Gasteiger partial charge >= 0.3 is 5.97 Å². The average molecular weight is 508 g/mol. The number of carbonyl (C=O) groups excluding carboxylic acids is 2. The topological polar surface area (TPSA) is 65.0 Å². The van der Waals surface area contributed by atoms with Gasteiger partial charge in [0.05, 0.1) is 11.5 Å². The second-order valence-electron chi connectivity index (χ2n) is 9.93. The second kappa shape index (κ2) is 11.6. The molecule has 0 N–H and O–H groups in total. The first kappa shape index (κ1) is 25.7. The van der Waals surface area contributed by atoms with E-state index in [0.717, 1.165) is 29.0 Å². The minimum Gasteiger partial charge on any atom is -0.490 e. The number of carbonyl (C=O) groups is 2. The first-order chi connectivity index (χ1) is 18.5. The van der Waals surface area contributed by atoms with E-state index in [1.807, 2.05) is 67.6 Å². The Balaban J connectivity index is 1.42. The number of allylic oxidation sites excluding steroid dienone is 1. The fourth-order valence-corrected chi connectivity index (χ4v) is 5.61. The molecule has 5 nitrogen and oxygen atoms in total. The van der Waals surface area contributed by atoms with Crippen LogP contribution < -0.4 is 4.74 Å². The van der Waals surface area contributed by atoms with E-state index < -0.39 is 17.8 Å². The summed E-state index contributed by atoms with van der Waals surface area (Å²) in [6.45, 7) is 4.31. The van der Waals surface area contributed by atoms with Gasteiger partial charge in [-0.25, -0.2) is 4.79 Å². The average Bonchev–Trinajstić information content (AvgIpc) is 2.95. The Labute approximate surface area is 224 Å². The van der Waals surface area contributed by atoms with Gasteiger partial charge < -0.3 is 9.47 Å². The fraction of sp³-hybridized carbons (Fsp3) is 0.303. The first-order valence-corrected chi connectivity index (χ1v) is 13.3. The summed E-state index contributed by atoms with van der Waals surface area (Å²) in [5.74, 6) is -0.378. The predicted octanol–water partition coefficient (Wildman–Crippen LogP) is 6.45. The minimum absolute atomic E-state index is 0.0956. The lowest BCUT2D eigenvalue weighted by atomic mass is 9.66. The van der Waals surface area contributed by atoms with E-state index in [0.29, 0.717) is 24.1 Å². The third-order valence-electron chi connectivity index (χ3n) is 7.52. The third-order valence-corrected chi connectivity index (χ3v) is 7.52. The second-order valence-corrected chi connectivity index (χ2v) is 9.93. The van der Waals surface area contributed by atoms with Crippen LogP contribution in [-0.2, 0) is 20.7 Å². The van der Waals surface area contributed by atoms with Crippen LogP contribution in [0, 0.1) is 5.92 Å². The number of hydrogen-bond acceptors (Lipinski definition) is 5. The number of hydrogen-bond donors (Lipinski definition) is 0. The summed E-state index contributed by atoms with van der Waals surface area (Å²) in [6.07, 6.45) is 2.06. The molecule has 0 bridgehead atoms. The van der Waals surface area contributed by atoms with Crippen LogP contribution in [0.25, 0.3) is 0 Å². The van der Waals surface area contributed by atoms with E-state index in [1.54, 1.807) is 0 Å². The van der Waals surface area contributed by atoms with Gasteiger partial charge in [-0.15, -0.1) is 0 Å². The predicted molar refractivity (Wildman–Crippen MR) is 149 cm³/mol. The summed E-state index contributed by atoms with van der Waals surface area (Å²) in [4.78, 5) is 32.1.